The number of alkyl halides is 3. The Bertz CT molecular complexity index is 884. The number of nitrogens with zero attached hydrogens (tertiary/aromatic N) is 1. The number of carbonyl (C=O) groups is 1. The van der Waals surface area contributed by atoms with Gasteiger partial charge < -0.3 is 19.5 Å². The molecule has 0 saturated carbocycles. The van der Waals surface area contributed by atoms with Crippen LogP contribution in [0.3, 0.4) is 0 Å². The zero-order valence-electron chi connectivity index (χ0n) is 15.8. The number of ether oxygens (including phenoxy) is 1. The highest BCUT2D eigenvalue weighted by Crippen LogP contribution is 2.39. The van der Waals surface area contributed by atoms with Crippen molar-refractivity contribution >= 4 is 29.3 Å². The summed E-state index contributed by atoms with van der Waals surface area (Å²) in [6, 6.07) is 8.02. The molecule has 1 aliphatic heterocycles. The number of aromatic carboxylic acids is 1. The molecule has 29 heavy (non-hydrogen) atoms. The molecular weight excluding hydrogens is 405 g/mol. The number of halogens is 3. The summed E-state index contributed by atoms with van der Waals surface area (Å²) in [6.07, 6.45) is -1.37. The maximum absolute atomic E-state index is 13.2. The molecule has 2 aromatic carbocycles. The number of piperidine rings is 1. The standard InChI is InChI=1S/C20H21F3N2O3S/c1-28-17-8-5-13(19(26)27)11-18(17)29-24-15-12-14(20(21,22)23)6-7-16(15)25-9-3-2-4-10-25/h5-8,11-12,24H,2-4,9-10H2,1H3,(H,26,27). The zero-order chi connectivity index (χ0) is 21.0. The monoisotopic (exact) mass is 426 g/mol. The summed E-state index contributed by atoms with van der Waals surface area (Å²) in [6.45, 7) is 1.56. The van der Waals surface area contributed by atoms with Crippen molar-refractivity contribution in [2.24, 2.45) is 0 Å². The van der Waals surface area contributed by atoms with Gasteiger partial charge >= 0.3 is 12.1 Å². The van der Waals surface area contributed by atoms with Crippen molar-refractivity contribution in [1.29, 1.82) is 0 Å². The van der Waals surface area contributed by atoms with Gasteiger partial charge in [0.15, 0.2) is 0 Å². The third-order valence-corrected chi connectivity index (χ3v) is 5.56. The van der Waals surface area contributed by atoms with E-state index in [0.717, 1.165) is 56.4 Å². The van der Waals surface area contributed by atoms with Gasteiger partial charge in [-0.1, -0.05) is 0 Å². The van der Waals surface area contributed by atoms with Crippen LogP contribution in [0.4, 0.5) is 24.5 Å². The second kappa shape index (κ2) is 8.86. The lowest BCUT2D eigenvalue weighted by Crippen LogP contribution is -2.30. The normalized spacial score (nSPS) is 14.6. The van der Waals surface area contributed by atoms with Crippen LogP contribution in [0, 0.1) is 0 Å². The predicted octanol–water partition coefficient (Wildman–Crippen LogP) is 5.52. The van der Waals surface area contributed by atoms with E-state index in [4.69, 9.17) is 4.74 Å². The van der Waals surface area contributed by atoms with Crippen LogP contribution in [-0.4, -0.2) is 31.3 Å². The highest BCUT2D eigenvalue weighted by molar-refractivity contribution is 8.00. The molecule has 0 aromatic heterocycles. The Morgan fingerprint density at radius 2 is 1.86 bits per heavy atom. The number of carboxylic acids is 1. The fourth-order valence-electron chi connectivity index (χ4n) is 3.20. The number of rotatable bonds is 6. The highest BCUT2D eigenvalue weighted by atomic mass is 32.2. The van der Waals surface area contributed by atoms with E-state index in [0.29, 0.717) is 22.0 Å². The molecule has 1 fully saturated rings. The van der Waals surface area contributed by atoms with Crippen LogP contribution in [0.1, 0.15) is 35.2 Å². The highest BCUT2D eigenvalue weighted by Gasteiger charge is 2.31. The second-order valence-corrected chi connectivity index (χ2v) is 7.50. The Hall–Kier alpha value is -2.55. The van der Waals surface area contributed by atoms with Crippen molar-refractivity contribution in [2.45, 2.75) is 30.3 Å². The first-order valence-electron chi connectivity index (χ1n) is 9.10. The fourth-order valence-corrected chi connectivity index (χ4v) is 4.03. The molecule has 5 nitrogen and oxygen atoms in total. The molecule has 0 radical (unpaired) electrons. The van der Waals surface area contributed by atoms with Crippen LogP contribution >= 0.6 is 11.9 Å². The Balaban J connectivity index is 1.92. The Kier molecular flexibility index (Phi) is 6.46. The molecule has 0 atom stereocenters. The lowest BCUT2D eigenvalue weighted by atomic mass is 10.1. The van der Waals surface area contributed by atoms with Crippen molar-refractivity contribution in [3.05, 3.63) is 47.5 Å². The number of hydrogen-bond donors (Lipinski definition) is 2. The maximum atomic E-state index is 13.2. The summed E-state index contributed by atoms with van der Waals surface area (Å²) < 4.78 is 47.9. The van der Waals surface area contributed by atoms with E-state index in [1.807, 2.05) is 0 Å². The molecule has 9 heteroatoms. The molecule has 3 rings (SSSR count). The number of benzene rings is 2. The molecule has 156 valence electrons. The van der Waals surface area contributed by atoms with Gasteiger partial charge in [-0.3, -0.25) is 0 Å². The van der Waals surface area contributed by atoms with Crippen LogP contribution in [0.5, 0.6) is 5.75 Å². The van der Waals surface area contributed by atoms with Crippen molar-refractivity contribution in [2.75, 3.05) is 29.8 Å². The van der Waals surface area contributed by atoms with Gasteiger partial charge in [-0.05, 0) is 67.6 Å². The summed E-state index contributed by atoms with van der Waals surface area (Å²) >= 11 is 1.02. The molecule has 2 aromatic rings. The molecule has 1 aliphatic rings. The third-order valence-electron chi connectivity index (χ3n) is 4.70. The van der Waals surface area contributed by atoms with Gasteiger partial charge in [0.25, 0.3) is 0 Å². The number of anilines is 2. The van der Waals surface area contributed by atoms with Crippen LogP contribution in [0.25, 0.3) is 0 Å². The molecule has 0 unspecified atom stereocenters. The third kappa shape index (κ3) is 5.09. The van der Waals surface area contributed by atoms with Gasteiger partial charge in [0.05, 0.1) is 34.5 Å². The first kappa shape index (κ1) is 21.2. The van der Waals surface area contributed by atoms with Gasteiger partial charge in [-0.2, -0.15) is 13.2 Å². The van der Waals surface area contributed by atoms with E-state index in [9.17, 15) is 23.1 Å². The smallest absolute Gasteiger partial charge is 0.416 e. The summed E-state index contributed by atoms with van der Waals surface area (Å²) in [4.78, 5) is 13.8. The molecule has 0 aliphatic carbocycles. The van der Waals surface area contributed by atoms with E-state index in [2.05, 4.69) is 9.62 Å². The van der Waals surface area contributed by atoms with Crippen molar-refractivity contribution in [1.82, 2.24) is 0 Å². The van der Waals surface area contributed by atoms with Crippen LogP contribution in [0.2, 0.25) is 0 Å². The minimum Gasteiger partial charge on any atom is -0.496 e. The number of hydrogen-bond acceptors (Lipinski definition) is 5. The topological polar surface area (TPSA) is 61.8 Å². The first-order chi connectivity index (χ1) is 13.8. The lowest BCUT2D eigenvalue weighted by molar-refractivity contribution is -0.137. The van der Waals surface area contributed by atoms with Crippen molar-refractivity contribution < 1.29 is 27.8 Å². The predicted molar refractivity (Wildman–Crippen MR) is 107 cm³/mol. The van der Waals surface area contributed by atoms with Gasteiger partial charge in [0.1, 0.15) is 5.75 Å². The summed E-state index contributed by atoms with van der Waals surface area (Å²) in [7, 11) is 1.45. The molecule has 0 amide bonds. The molecule has 0 bridgehead atoms. The van der Waals surface area contributed by atoms with Crippen molar-refractivity contribution in [3.8, 4) is 5.75 Å². The Labute approximate surface area is 171 Å². The zero-order valence-corrected chi connectivity index (χ0v) is 16.6. The van der Waals surface area contributed by atoms with Gasteiger partial charge in [0.2, 0.25) is 0 Å². The largest absolute Gasteiger partial charge is 0.496 e. The van der Waals surface area contributed by atoms with Gasteiger partial charge in [-0.25, -0.2) is 4.79 Å². The van der Waals surface area contributed by atoms with Gasteiger partial charge in [0, 0.05) is 13.1 Å². The minimum atomic E-state index is -4.46. The Morgan fingerprint density at radius 3 is 2.48 bits per heavy atom. The number of nitrogens with one attached hydrogen (secondary N) is 1. The molecule has 2 N–H and O–H groups in total. The Morgan fingerprint density at radius 1 is 1.14 bits per heavy atom. The molecular formula is C20H21F3N2O3S. The quantitative estimate of drug-likeness (QED) is 0.593. The molecule has 1 saturated heterocycles. The van der Waals surface area contributed by atoms with E-state index >= 15 is 0 Å². The van der Waals surface area contributed by atoms with Crippen LogP contribution in [0.15, 0.2) is 41.3 Å². The van der Waals surface area contributed by atoms with Crippen molar-refractivity contribution in [3.63, 3.8) is 0 Å². The number of carboxylic acid groups (broad SMARTS) is 1. The minimum absolute atomic E-state index is 0.0652. The second-order valence-electron chi connectivity index (χ2n) is 6.65. The maximum Gasteiger partial charge on any atom is 0.416 e. The average Bonchev–Trinajstić information content (AvgIpc) is 2.71. The van der Waals surface area contributed by atoms with E-state index in [1.54, 1.807) is 0 Å². The van der Waals surface area contributed by atoms with Gasteiger partial charge in [-0.15, -0.1) is 0 Å². The SMILES string of the molecule is COc1ccc(C(=O)O)cc1SNc1cc(C(F)(F)F)ccc1N1CCCCC1. The molecule has 0 spiro atoms. The summed E-state index contributed by atoms with van der Waals surface area (Å²) in [5.41, 5.74) is 0.344. The van der Waals surface area contributed by atoms with E-state index < -0.39 is 17.7 Å². The van der Waals surface area contributed by atoms with Crippen LogP contribution in [-0.2, 0) is 6.18 Å². The lowest BCUT2D eigenvalue weighted by Gasteiger charge is -2.31. The summed E-state index contributed by atoms with van der Waals surface area (Å²) in [5, 5.41) is 9.20. The molecule has 1 heterocycles. The van der Waals surface area contributed by atoms with E-state index in [1.165, 1.54) is 31.4 Å². The van der Waals surface area contributed by atoms with E-state index in [-0.39, 0.29) is 5.56 Å². The summed E-state index contributed by atoms with van der Waals surface area (Å²) in [5.74, 6) is -0.665. The first-order valence-corrected chi connectivity index (χ1v) is 9.91. The van der Waals surface area contributed by atoms with Crippen LogP contribution < -0.4 is 14.4 Å². The number of methoxy groups -OCH3 is 1. The average molecular weight is 426 g/mol. The fraction of sp³-hybridized carbons (Fsp3) is 0.350.